The maximum Gasteiger partial charge on any atom is 0.268 e. The fourth-order valence-corrected chi connectivity index (χ4v) is 2.95. The van der Waals surface area contributed by atoms with Crippen molar-refractivity contribution >= 4 is 16.6 Å². The molecule has 28 heavy (non-hydrogen) atoms. The number of alkyl halides is 2. The summed E-state index contributed by atoms with van der Waals surface area (Å²) in [5.41, 5.74) is 3.87. The lowest BCUT2D eigenvalue weighted by Crippen LogP contribution is -2.21. The van der Waals surface area contributed by atoms with Crippen LogP contribution in [0.3, 0.4) is 0 Å². The van der Waals surface area contributed by atoms with E-state index in [9.17, 15) is 22.4 Å². The summed E-state index contributed by atoms with van der Waals surface area (Å²) in [7, 11) is 0. The van der Waals surface area contributed by atoms with Gasteiger partial charge >= 0.3 is 0 Å². The van der Waals surface area contributed by atoms with Crippen LogP contribution in [0.5, 0.6) is 0 Å². The predicted octanol–water partition coefficient (Wildman–Crippen LogP) is 4.45. The minimum absolute atomic E-state index is 0.158. The van der Waals surface area contributed by atoms with Gasteiger partial charge < -0.3 is 10.3 Å². The van der Waals surface area contributed by atoms with Gasteiger partial charge in [0.1, 0.15) is 5.82 Å². The topological polar surface area (TPSA) is 73.8 Å². The van der Waals surface area contributed by atoms with Crippen LogP contribution in [0, 0.1) is 11.6 Å². The molecule has 148 valence electrons. The Kier molecular flexibility index (Phi) is 5.62. The molecule has 2 heterocycles. The normalized spacial score (nSPS) is 11.5. The predicted molar refractivity (Wildman–Crippen MR) is 98.0 cm³/mol. The Morgan fingerprint density at radius 3 is 2.61 bits per heavy atom. The average molecular weight is 394 g/mol. The highest BCUT2D eigenvalue weighted by Crippen LogP contribution is 2.30. The molecule has 0 atom stereocenters. The van der Waals surface area contributed by atoms with Crippen LogP contribution in [0.2, 0.25) is 0 Å². The molecule has 0 aliphatic carbocycles. The lowest BCUT2D eigenvalue weighted by Gasteiger charge is -2.11. The van der Waals surface area contributed by atoms with E-state index < -0.39 is 35.0 Å². The Bertz CT molecular complexity index is 1080. The molecule has 0 saturated carbocycles. The summed E-state index contributed by atoms with van der Waals surface area (Å²) in [5, 5.41) is -0.219. The van der Waals surface area contributed by atoms with Crippen molar-refractivity contribution < 1.29 is 17.6 Å². The zero-order valence-electron chi connectivity index (χ0n) is 15.1. The third kappa shape index (κ3) is 3.56. The molecule has 2 aromatic heterocycles. The number of rotatable bonds is 6. The van der Waals surface area contributed by atoms with Gasteiger partial charge in [-0.1, -0.05) is 19.8 Å². The number of fused-ring (bicyclic) bond motifs is 1. The molecule has 0 radical (unpaired) electrons. The van der Waals surface area contributed by atoms with Gasteiger partial charge in [-0.15, -0.1) is 0 Å². The number of hydrogen-bond donors (Lipinski definition) is 1. The van der Waals surface area contributed by atoms with Gasteiger partial charge in [0.05, 0.1) is 16.5 Å². The van der Waals surface area contributed by atoms with Gasteiger partial charge in [0.2, 0.25) is 0 Å². The molecule has 0 spiro atoms. The first-order valence-corrected chi connectivity index (χ1v) is 8.77. The molecule has 3 aromatic rings. The monoisotopic (exact) mass is 394 g/mol. The summed E-state index contributed by atoms with van der Waals surface area (Å²) < 4.78 is 56.2. The van der Waals surface area contributed by atoms with Gasteiger partial charge in [-0.25, -0.2) is 27.5 Å². The molecule has 0 aliphatic rings. The number of aryl methyl sites for hydroxylation is 1. The molecule has 2 N–H and O–H groups in total. The van der Waals surface area contributed by atoms with E-state index in [1.54, 1.807) is 0 Å². The highest BCUT2D eigenvalue weighted by atomic mass is 19.3. The number of unbranched alkanes of at least 4 members (excludes halogenated alkanes) is 2. The van der Waals surface area contributed by atoms with Crippen molar-refractivity contribution in [2.45, 2.75) is 39.2 Å². The quantitative estimate of drug-likeness (QED) is 0.495. The van der Waals surface area contributed by atoms with Crippen LogP contribution in [0.15, 0.2) is 29.3 Å². The van der Waals surface area contributed by atoms with Crippen molar-refractivity contribution in [2.24, 2.45) is 0 Å². The summed E-state index contributed by atoms with van der Waals surface area (Å²) >= 11 is 0. The molecule has 1 aromatic carbocycles. The first kappa shape index (κ1) is 19.8. The number of nitrogens with two attached hydrogens (primary N) is 1. The number of hydrogen-bond acceptors (Lipinski definition) is 4. The highest BCUT2D eigenvalue weighted by molar-refractivity contribution is 5.86. The van der Waals surface area contributed by atoms with Crippen LogP contribution in [-0.2, 0) is 6.54 Å². The summed E-state index contributed by atoms with van der Waals surface area (Å²) in [5.74, 6) is -3.53. The van der Waals surface area contributed by atoms with Crippen molar-refractivity contribution in [1.82, 2.24) is 14.5 Å². The lowest BCUT2D eigenvalue weighted by atomic mass is 10.1. The number of benzene rings is 1. The van der Waals surface area contributed by atoms with Crippen molar-refractivity contribution in [2.75, 3.05) is 5.73 Å². The molecule has 9 heteroatoms. The molecule has 5 nitrogen and oxygen atoms in total. The Morgan fingerprint density at radius 1 is 1.21 bits per heavy atom. The molecule has 0 unspecified atom stereocenters. The molecule has 0 bridgehead atoms. The molecule has 0 aliphatic heterocycles. The third-order valence-corrected chi connectivity index (χ3v) is 4.47. The highest BCUT2D eigenvalue weighted by Gasteiger charge is 2.21. The number of nitrogen functional groups attached to an aromatic ring is 1. The number of nitrogens with zero attached hydrogens (tertiary/aromatic N) is 3. The van der Waals surface area contributed by atoms with Gasteiger partial charge in [-0.3, -0.25) is 4.79 Å². The van der Waals surface area contributed by atoms with Crippen LogP contribution in [0.1, 0.15) is 38.2 Å². The maximum absolute atomic E-state index is 14.7. The number of pyridine rings is 1. The zero-order chi connectivity index (χ0) is 20.4. The fourth-order valence-electron chi connectivity index (χ4n) is 2.95. The van der Waals surface area contributed by atoms with Crippen molar-refractivity contribution in [3.63, 3.8) is 0 Å². The average Bonchev–Trinajstić information content (AvgIpc) is 2.66. The lowest BCUT2D eigenvalue weighted by molar-refractivity contribution is 0.151. The van der Waals surface area contributed by atoms with Crippen molar-refractivity contribution in [3.05, 3.63) is 52.1 Å². The van der Waals surface area contributed by atoms with E-state index in [1.165, 1.54) is 22.9 Å². The van der Waals surface area contributed by atoms with Crippen molar-refractivity contribution in [1.29, 1.82) is 0 Å². The number of anilines is 1. The second-order valence-electron chi connectivity index (χ2n) is 6.37. The summed E-state index contributed by atoms with van der Waals surface area (Å²) in [6.45, 7) is 2.42. The molecule has 0 saturated heterocycles. The standard InChI is InChI=1S/C19H18F4N4O/c1-2-3-4-6-27-7-5-10-8-11(14(20)15(21)13(10)19(27)28)18-25-9-12(16(22)23)17(24)26-18/h5,7-9,16H,2-4,6H2,1H3,(H2,24,25,26). The van der Waals surface area contributed by atoms with E-state index in [0.29, 0.717) is 6.54 Å². The first-order chi connectivity index (χ1) is 13.3. The molecule has 3 rings (SSSR count). The molecule has 0 fully saturated rings. The van der Waals surface area contributed by atoms with Gasteiger partial charge in [-0.2, -0.15) is 0 Å². The van der Waals surface area contributed by atoms with Crippen molar-refractivity contribution in [3.8, 4) is 11.4 Å². The van der Waals surface area contributed by atoms with Gasteiger partial charge in [-0.05, 0) is 23.9 Å². The van der Waals surface area contributed by atoms with Crippen LogP contribution >= 0.6 is 0 Å². The Balaban J connectivity index is 2.12. The van der Waals surface area contributed by atoms with E-state index in [2.05, 4.69) is 9.97 Å². The van der Waals surface area contributed by atoms with Crippen LogP contribution in [0.4, 0.5) is 23.4 Å². The second-order valence-corrected chi connectivity index (χ2v) is 6.37. The first-order valence-electron chi connectivity index (χ1n) is 8.77. The Morgan fingerprint density at radius 2 is 1.96 bits per heavy atom. The van der Waals surface area contributed by atoms with E-state index >= 15 is 0 Å². The summed E-state index contributed by atoms with van der Waals surface area (Å²) in [6.07, 6.45) is 2.01. The van der Waals surface area contributed by atoms with Crippen LogP contribution in [0.25, 0.3) is 22.2 Å². The third-order valence-electron chi connectivity index (χ3n) is 4.47. The van der Waals surface area contributed by atoms with Gasteiger partial charge in [0.25, 0.3) is 12.0 Å². The fraction of sp³-hybridized carbons (Fsp3) is 0.316. The minimum Gasteiger partial charge on any atom is -0.383 e. The molecule has 0 amide bonds. The SMILES string of the molecule is CCCCCn1ccc2cc(-c3ncc(C(F)F)c(N)n3)c(F)c(F)c2c1=O. The minimum atomic E-state index is -2.89. The second kappa shape index (κ2) is 7.95. The summed E-state index contributed by atoms with van der Waals surface area (Å²) in [6, 6.07) is 2.70. The summed E-state index contributed by atoms with van der Waals surface area (Å²) in [4.78, 5) is 19.9. The smallest absolute Gasteiger partial charge is 0.268 e. The van der Waals surface area contributed by atoms with E-state index in [1.807, 2.05) is 6.92 Å². The number of aromatic nitrogens is 3. The van der Waals surface area contributed by atoms with Crippen LogP contribution < -0.4 is 11.3 Å². The number of halogens is 4. The van der Waals surface area contributed by atoms with Gasteiger partial charge in [0, 0.05) is 18.9 Å². The molecular weight excluding hydrogens is 376 g/mol. The van der Waals surface area contributed by atoms with E-state index in [-0.39, 0.29) is 22.2 Å². The van der Waals surface area contributed by atoms with Crippen LogP contribution in [-0.4, -0.2) is 14.5 Å². The molecular formula is C19H18F4N4O. The largest absolute Gasteiger partial charge is 0.383 e. The maximum atomic E-state index is 14.7. The van der Waals surface area contributed by atoms with E-state index in [0.717, 1.165) is 25.5 Å². The van der Waals surface area contributed by atoms with E-state index in [4.69, 9.17) is 5.73 Å². The Hall–Kier alpha value is -2.97. The Labute approximate surface area is 157 Å². The zero-order valence-corrected chi connectivity index (χ0v) is 15.1. The van der Waals surface area contributed by atoms with Gasteiger partial charge in [0.15, 0.2) is 17.5 Å².